The molecule has 0 unspecified atom stereocenters. The third-order valence-corrected chi connectivity index (χ3v) is 11.3. The first-order valence-corrected chi connectivity index (χ1v) is 19.4. The molecule has 0 aliphatic heterocycles. The average molecular weight is 742 g/mol. The molecule has 5 nitrogen and oxygen atoms in total. The second-order valence-electron chi connectivity index (χ2n) is 14.7. The zero-order valence-electron chi connectivity index (χ0n) is 31.1. The van der Waals surface area contributed by atoms with Gasteiger partial charge < -0.3 is 8.83 Å². The van der Waals surface area contributed by atoms with E-state index in [-0.39, 0.29) is 0 Å². The van der Waals surface area contributed by atoms with Crippen LogP contribution in [-0.2, 0) is 0 Å². The molecule has 0 spiro atoms. The normalized spacial score (nSPS) is 11.8. The number of nitrogens with zero attached hydrogens (tertiary/aromatic N) is 3. The molecule has 0 N–H and O–H groups in total. The molecule has 0 aliphatic rings. The topological polar surface area (TPSA) is 65.0 Å². The van der Waals surface area contributed by atoms with Crippen LogP contribution in [-0.4, -0.2) is 15.0 Å². The van der Waals surface area contributed by atoms with Crippen molar-refractivity contribution in [2.45, 2.75) is 0 Å². The zero-order valence-corrected chi connectivity index (χ0v) is 31.1. The SMILES string of the molecule is c1ccc(-c2cccc(-c3cccc(-c4nc(-c5cc6ccccc6c6oc7ccccc7c56)nc(-c5cc6ccccc6c6oc7ccccc7c56)n4)c3)c2)cc1. The molecular weight excluding hydrogens is 711 g/mol. The van der Waals surface area contributed by atoms with Crippen molar-refractivity contribution in [2.24, 2.45) is 0 Å². The highest BCUT2D eigenvalue weighted by Crippen LogP contribution is 2.44. The summed E-state index contributed by atoms with van der Waals surface area (Å²) in [6, 6.07) is 65.1. The van der Waals surface area contributed by atoms with Gasteiger partial charge in [-0.2, -0.15) is 0 Å². The fraction of sp³-hybridized carbons (Fsp3) is 0. The van der Waals surface area contributed by atoms with E-state index in [0.717, 1.165) is 98.8 Å². The third-order valence-electron chi connectivity index (χ3n) is 11.3. The Bertz CT molecular complexity index is 3410. The fourth-order valence-electron chi connectivity index (χ4n) is 8.57. The molecule has 0 atom stereocenters. The Morgan fingerprint density at radius 2 is 0.690 bits per heavy atom. The molecule has 0 saturated heterocycles. The first-order chi connectivity index (χ1) is 28.7. The predicted molar refractivity (Wildman–Crippen MR) is 237 cm³/mol. The molecule has 0 fully saturated rings. The summed E-state index contributed by atoms with van der Waals surface area (Å²) in [5.74, 6) is 1.70. The minimum absolute atomic E-state index is 0.563. The second-order valence-corrected chi connectivity index (χ2v) is 14.7. The number of furan rings is 2. The predicted octanol–water partition coefficient (Wildman–Crippen LogP) is 14.3. The Labute approximate surface area is 332 Å². The van der Waals surface area contributed by atoms with Crippen LogP contribution in [0.2, 0.25) is 0 Å². The molecule has 0 bridgehead atoms. The summed E-state index contributed by atoms with van der Waals surface area (Å²) in [7, 11) is 0. The largest absolute Gasteiger partial charge is 0.455 e. The zero-order chi connectivity index (χ0) is 38.2. The first kappa shape index (κ1) is 32.4. The molecule has 3 heterocycles. The van der Waals surface area contributed by atoms with Crippen molar-refractivity contribution in [3.8, 4) is 56.4 Å². The Hall–Kier alpha value is -7.89. The van der Waals surface area contributed by atoms with Gasteiger partial charge >= 0.3 is 0 Å². The van der Waals surface area contributed by atoms with Crippen molar-refractivity contribution >= 4 is 65.4 Å². The highest BCUT2D eigenvalue weighted by Gasteiger charge is 2.23. The molecule has 0 saturated carbocycles. The van der Waals surface area contributed by atoms with Crippen molar-refractivity contribution in [3.63, 3.8) is 0 Å². The molecule has 3 aromatic heterocycles. The Morgan fingerprint density at radius 3 is 1.24 bits per heavy atom. The smallest absolute Gasteiger partial charge is 0.164 e. The van der Waals surface area contributed by atoms with Crippen molar-refractivity contribution in [3.05, 3.63) is 188 Å². The number of para-hydroxylation sites is 2. The van der Waals surface area contributed by atoms with Crippen LogP contribution < -0.4 is 0 Å². The van der Waals surface area contributed by atoms with Crippen LogP contribution in [0.3, 0.4) is 0 Å². The standard InChI is InChI=1S/C53H31N3O2/c1-2-14-32(15-3-1)33-18-12-19-34(28-33)35-20-13-21-38(29-35)51-54-52(43-30-36-16-4-6-22-39(36)49-47(43)41-24-8-10-26-45(41)57-49)56-53(55-51)44-31-37-17-5-7-23-40(37)50-48(44)42-25-9-11-27-46(42)58-50/h1-31H. The lowest BCUT2D eigenvalue weighted by atomic mass is 9.97. The van der Waals surface area contributed by atoms with Gasteiger partial charge in [-0.3, -0.25) is 0 Å². The molecule has 0 aliphatic carbocycles. The number of rotatable bonds is 5. The summed E-state index contributed by atoms with van der Waals surface area (Å²) in [6.07, 6.45) is 0. The van der Waals surface area contributed by atoms with Crippen LogP contribution >= 0.6 is 0 Å². The van der Waals surface area contributed by atoms with E-state index >= 15 is 0 Å². The minimum Gasteiger partial charge on any atom is -0.455 e. The quantitative estimate of drug-likeness (QED) is 0.176. The maximum Gasteiger partial charge on any atom is 0.164 e. The van der Waals surface area contributed by atoms with Crippen molar-refractivity contribution < 1.29 is 8.83 Å². The number of fused-ring (bicyclic) bond motifs is 10. The van der Waals surface area contributed by atoms with E-state index < -0.39 is 0 Å². The van der Waals surface area contributed by atoms with Crippen LogP contribution in [0, 0.1) is 0 Å². The van der Waals surface area contributed by atoms with E-state index in [9.17, 15) is 0 Å². The highest BCUT2D eigenvalue weighted by molar-refractivity contribution is 6.22. The van der Waals surface area contributed by atoms with Gasteiger partial charge in [-0.15, -0.1) is 0 Å². The maximum absolute atomic E-state index is 6.62. The number of aromatic nitrogens is 3. The Kier molecular flexibility index (Phi) is 7.16. The molecule has 58 heavy (non-hydrogen) atoms. The molecule has 5 heteroatoms. The van der Waals surface area contributed by atoms with E-state index in [2.05, 4.69) is 158 Å². The lowest BCUT2D eigenvalue weighted by molar-refractivity contribution is 0.672. The average Bonchev–Trinajstić information content (AvgIpc) is 3.89. The molecule has 0 amide bonds. The van der Waals surface area contributed by atoms with Crippen LogP contribution in [0.25, 0.3) is 122 Å². The van der Waals surface area contributed by atoms with Crippen LogP contribution in [0.4, 0.5) is 0 Å². The lowest BCUT2D eigenvalue weighted by Crippen LogP contribution is -2.01. The van der Waals surface area contributed by atoms with Gasteiger partial charge in [0.15, 0.2) is 17.5 Å². The van der Waals surface area contributed by atoms with E-state index in [4.69, 9.17) is 23.8 Å². The Balaban J connectivity index is 1.15. The summed E-state index contributed by atoms with van der Waals surface area (Å²) >= 11 is 0. The number of benzene rings is 9. The minimum atomic E-state index is 0.563. The molecule has 9 aromatic carbocycles. The van der Waals surface area contributed by atoms with Crippen molar-refractivity contribution in [1.82, 2.24) is 15.0 Å². The summed E-state index contributed by atoms with van der Waals surface area (Å²) in [4.78, 5) is 16.1. The second kappa shape index (κ2) is 12.8. The molecule has 12 aromatic rings. The highest BCUT2D eigenvalue weighted by atomic mass is 16.3. The summed E-state index contributed by atoms with van der Waals surface area (Å²) < 4.78 is 13.2. The summed E-state index contributed by atoms with van der Waals surface area (Å²) in [5, 5.41) is 8.13. The fourth-order valence-corrected chi connectivity index (χ4v) is 8.57. The number of hydrogen-bond acceptors (Lipinski definition) is 5. The van der Waals surface area contributed by atoms with Crippen LogP contribution in [0.1, 0.15) is 0 Å². The van der Waals surface area contributed by atoms with Gasteiger partial charge in [0.1, 0.15) is 22.3 Å². The van der Waals surface area contributed by atoms with E-state index in [1.54, 1.807) is 0 Å². The maximum atomic E-state index is 6.62. The third kappa shape index (κ3) is 5.14. The van der Waals surface area contributed by atoms with Gasteiger partial charge in [0.05, 0.1) is 0 Å². The van der Waals surface area contributed by atoms with Gasteiger partial charge in [0, 0.05) is 49.0 Å². The first-order valence-electron chi connectivity index (χ1n) is 19.4. The summed E-state index contributed by atoms with van der Waals surface area (Å²) in [5.41, 5.74) is 10.4. The van der Waals surface area contributed by atoms with Crippen molar-refractivity contribution in [2.75, 3.05) is 0 Å². The van der Waals surface area contributed by atoms with E-state index in [1.165, 1.54) is 5.56 Å². The van der Waals surface area contributed by atoms with Gasteiger partial charge in [0.25, 0.3) is 0 Å². The van der Waals surface area contributed by atoms with Gasteiger partial charge in [-0.25, -0.2) is 15.0 Å². The van der Waals surface area contributed by atoms with E-state index in [0.29, 0.717) is 17.5 Å². The molecular formula is C53H31N3O2. The molecule has 12 rings (SSSR count). The summed E-state index contributed by atoms with van der Waals surface area (Å²) in [6.45, 7) is 0. The monoisotopic (exact) mass is 741 g/mol. The van der Waals surface area contributed by atoms with Gasteiger partial charge in [-0.1, -0.05) is 152 Å². The number of hydrogen-bond donors (Lipinski definition) is 0. The van der Waals surface area contributed by atoms with Gasteiger partial charge in [0.2, 0.25) is 0 Å². The van der Waals surface area contributed by atoms with Crippen molar-refractivity contribution in [1.29, 1.82) is 0 Å². The van der Waals surface area contributed by atoms with Gasteiger partial charge in [-0.05, 0) is 69.4 Å². The van der Waals surface area contributed by atoms with Crippen LogP contribution in [0.5, 0.6) is 0 Å². The van der Waals surface area contributed by atoms with E-state index in [1.807, 2.05) is 30.3 Å². The Morgan fingerprint density at radius 1 is 0.293 bits per heavy atom. The van der Waals surface area contributed by atoms with Crippen LogP contribution in [0.15, 0.2) is 197 Å². The molecule has 0 radical (unpaired) electrons. The lowest BCUT2D eigenvalue weighted by Gasteiger charge is -2.13. The molecule has 270 valence electrons.